The maximum absolute atomic E-state index is 11.2. The Hall–Kier alpha value is -2.04. The Morgan fingerprint density at radius 3 is 2.69 bits per heavy atom. The van der Waals surface area contributed by atoms with Gasteiger partial charge in [-0.2, -0.15) is 0 Å². The normalized spacial score (nSPS) is 9.62. The van der Waals surface area contributed by atoms with Gasteiger partial charge in [0.05, 0.1) is 0 Å². The molecule has 0 aliphatic rings. The Morgan fingerprint density at radius 2 is 2.06 bits per heavy atom. The van der Waals surface area contributed by atoms with E-state index in [1.807, 2.05) is 26.0 Å². The third kappa shape index (κ3) is 3.61. The Bertz CT molecular complexity index is 414. The minimum Gasteiger partial charge on any atom is -0.479 e. The van der Waals surface area contributed by atoms with Gasteiger partial charge in [0.1, 0.15) is 0 Å². The van der Waals surface area contributed by atoms with E-state index in [2.05, 4.69) is 10.1 Å². The minimum atomic E-state index is -1.18. The molecule has 0 heterocycles. The van der Waals surface area contributed by atoms with Gasteiger partial charge in [-0.3, -0.25) is 5.32 Å². The molecule has 0 bridgehead atoms. The van der Waals surface area contributed by atoms with Crippen LogP contribution in [0.3, 0.4) is 0 Å². The van der Waals surface area contributed by atoms with E-state index in [1.165, 1.54) is 0 Å². The third-order valence-corrected chi connectivity index (χ3v) is 1.96. The van der Waals surface area contributed by atoms with Crippen LogP contribution >= 0.6 is 0 Å². The van der Waals surface area contributed by atoms with E-state index in [9.17, 15) is 9.59 Å². The summed E-state index contributed by atoms with van der Waals surface area (Å²) in [4.78, 5) is 21.4. The standard InChI is InChI=1S/C11H13NO4/c1-7-3-4-8(2)9(5-7)12-11(15)16-6-10(13)14/h3-5H,6H2,1-2H3,(H,12,15)(H,13,14). The van der Waals surface area contributed by atoms with Crippen LogP contribution in [0.25, 0.3) is 0 Å². The zero-order valence-corrected chi connectivity index (χ0v) is 9.11. The number of benzene rings is 1. The van der Waals surface area contributed by atoms with Crippen molar-refractivity contribution in [2.24, 2.45) is 0 Å². The SMILES string of the molecule is Cc1ccc(C)c(NC(=O)OCC(=O)O)c1. The summed E-state index contributed by atoms with van der Waals surface area (Å²) in [6.07, 6.45) is -0.767. The van der Waals surface area contributed by atoms with Gasteiger partial charge in [0.25, 0.3) is 0 Å². The monoisotopic (exact) mass is 223 g/mol. The van der Waals surface area contributed by atoms with Crippen molar-refractivity contribution >= 4 is 17.7 Å². The maximum atomic E-state index is 11.2. The van der Waals surface area contributed by atoms with Gasteiger partial charge in [0.2, 0.25) is 0 Å². The van der Waals surface area contributed by atoms with E-state index in [-0.39, 0.29) is 0 Å². The second-order valence-corrected chi connectivity index (χ2v) is 3.41. The number of carbonyl (C=O) groups is 2. The lowest BCUT2D eigenvalue weighted by Gasteiger charge is -2.08. The van der Waals surface area contributed by atoms with Crippen LogP contribution in [0.2, 0.25) is 0 Å². The minimum absolute atomic E-state index is 0.621. The molecule has 1 amide bonds. The zero-order valence-electron chi connectivity index (χ0n) is 9.11. The van der Waals surface area contributed by atoms with Gasteiger partial charge in [-0.1, -0.05) is 12.1 Å². The first-order valence-corrected chi connectivity index (χ1v) is 4.72. The highest BCUT2D eigenvalue weighted by atomic mass is 16.6. The van der Waals surface area contributed by atoms with E-state index in [0.717, 1.165) is 11.1 Å². The first-order valence-electron chi connectivity index (χ1n) is 4.72. The van der Waals surface area contributed by atoms with Crippen molar-refractivity contribution in [3.8, 4) is 0 Å². The first kappa shape index (κ1) is 12.0. The number of aliphatic carboxylic acids is 1. The molecule has 0 saturated heterocycles. The lowest BCUT2D eigenvalue weighted by Crippen LogP contribution is -2.18. The highest BCUT2D eigenvalue weighted by Crippen LogP contribution is 2.16. The highest BCUT2D eigenvalue weighted by molar-refractivity contribution is 5.87. The number of hydrogen-bond acceptors (Lipinski definition) is 3. The van der Waals surface area contributed by atoms with Crippen molar-refractivity contribution < 1.29 is 19.4 Å². The van der Waals surface area contributed by atoms with Crippen LogP contribution in [0, 0.1) is 13.8 Å². The van der Waals surface area contributed by atoms with E-state index in [1.54, 1.807) is 6.07 Å². The zero-order chi connectivity index (χ0) is 12.1. The number of aryl methyl sites for hydroxylation is 2. The fourth-order valence-electron chi connectivity index (χ4n) is 1.14. The topological polar surface area (TPSA) is 75.6 Å². The van der Waals surface area contributed by atoms with Crippen molar-refractivity contribution in [1.82, 2.24) is 0 Å². The molecule has 0 atom stereocenters. The Kier molecular flexibility index (Phi) is 3.88. The number of carbonyl (C=O) groups excluding carboxylic acids is 1. The van der Waals surface area contributed by atoms with Crippen molar-refractivity contribution in [3.63, 3.8) is 0 Å². The fourth-order valence-corrected chi connectivity index (χ4v) is 1.14. The predicted octanol–water partition coefficient (Wildman–Crippen LogP) is 1.94. The number of rotatable bonds is 3. The van der Waals surface area contributed by atoms with Gasteiger partial charge >= 0.3 is 12.1 Å². The molecule has 0 aromatic heterocycles. The van der Waals surface area contributed by atoms with E-state index >= 15 is 0 Å². The van der Waals surface area contributed by atoms with Gasteiger partial charge in [0, 0.05) is 5.69 Å². The van der Waals surface area contributed by atoms with Crippen LogP contribution < -0.4 is 5.32 Å². The van der Waals surface area contributed by atoms with E-state index in [4.69, 9.17) is 5.11 Å². The summed E-state index contributed by atoms with van der Waals surface area (Å²) in [5, 5.41) is 10.8. The van der Waals surface area contributed by atoms with Crippen LogP contribution in [0.15, 0.2) is 18.2 Å². The molecule has 1 aromatic rings. The van der Waals surface area contributed by atoms with Crippen LogP contribution in [0.5, 0.6) is 0 Å². The van der Waals surface area contributed by atoms with Crippen LogP contribution in [0.1, 0.15) is 11.1 Å². The van der Waals surface area contributed by atoms with E-state index < -0.39 is 18.7 Å². The molecule has 0 radical (unpaired) electrons. The molecule has 16 heavy (non-hydrogen) atoms. The number of amides is 1. The number of hydrogen-bond donors (Lipinski definition) is 2. The second-order valence-electron chi connectivity index (χ2n) is 3.41. The number of carboxylic acids is 1. The Balaban J connectivity index is 2.62. The molecule has 2 N–H and O–H groups in total. The van der Waals surface area contributed by atoms with Gasteiger partial charge in [-0.05, 0) is 31.0 Å². The second kappa shape index (κ2) is 5.16. The molecule has 86 valence electrons. The molecule has 1 aromatic carbocycles. The molecule has 0 fully saturated rings. The van der Waals surface area contributed by atoms with Crippen molar-refractivity contribution in [1.29, 1.82) is 0 Å². The molecular formula is C11H13NO4. The Labute approximate surface area is 93.0 Å². The molecule has 5 heteroatoms. The summed E-state index contributed by atoms with van der Waals surface area (Å²) in [6, 6.07) is 5.57. The van der Waals surface area contributed by atoms with Crippen molar-refractivity contribution in [2.45, 2.75) is 13.8 Å². The molecule has 0 aliphatic heterocycles. The van der Waals surface area contributed by atoms with Gasteiger partial charge in [-0.25, -0.2) is 9.59 Å². The number of nitrogens with one attached hydrogen (secondary N) is 1. The van der Waals surface area contributed by atoms with Gasteiger partial charge in [-0.15, -0.1) is 0 Å². The third-order valence-electron chi connectivity index (χ3n) is 1.96. The predicted molar refractivity (Wildman–Crippen MR) is 58.5 cm³/mol. The lowest BCUT2D eigenvalue weighted by atomic mass is 10.1. The number of carboxylic acid groups (broad SMARTS) is 1. The Morgan fingerprint density at radius 1 is 1.38 bits per heavy atom. The molecular weight excluding hydrogens is 210 g/mol. The molecule has 1 rings (SSSR count). The van der Waals surface area contributed by atoms with Gasteiger partial charge in [0.15, 0.2) is 6.61 Å². The average molecular weight is 223 g/mol. The molecule has 0 unspecified atom stereocenters. The molecule has 0 aliphatic carbocycles. The fraction of sp³-hybridized carbons (Fsp3) is 0.273. The van der Waals surface area contributed by atoms with Gasteiger partial charge < -0.3 is 9.84 Å². The molecule has 0 spiro atoms. The van der Waals surface area contributed by atoms with Crippen LogP contribution in [-0.4, -0.2) is 23.8 Å². The summed E-state index contributed by atoms with van der Waals surface area (Å²) >= 11 is 0. The first-order chi connectivity index (χ1) is 7.49. The summed E-state index contributed by atoms with van der Waals surface area (Å²) < 4.78 is 4.45. The quantitative estimate of drug-likeness (QED) is 0.821. The number of anilines is 1. The smallest absolute Gasteiger partial charge is 0.412 e. The molecule has 0 saturated carbocycles. The summed E-state index contributed by atoms with van der Waals surface area (Å²) in [5.74, 6) is -1.18. The van der Waals surface area contributed by atoms with E-state index in [0.29, 0.717) is 5.69 Å². The van der Waals surface area contributed by atoms with Crippen molar-refractivity contribution in [2.75, 3.05) is 11.9 Å². The highest BCUT2D eigenvalue weighted by Gasteiger charge is 2.07. The molecule has 5 nitrogen and oxygen atoms in total. The average Bonchev–Trinajstić information content (AvgIpc) is 2.20. The lowest BCUT2D eigenvalue weighted by molar-refractivity contribution is -0.140. The largest absolute Gasteiger partial charge is 0.479 e. The van der Waals surface area contributed by atoms with Crippen molar-refractivity contribution in [3.05, 3.63) is 29.3 Å². The maximum Gasteiger partial charge on any atom is 0.412 e. The summed E-state index contributed by atoms with van der Waals surface area (Å²) in [6.45, 7) is 3.09. The number of ether oxygens (including phenoxy) is 1. The summed E-state index contributed by atoms with van der Waals surface area (Å²) in [7, 11) is 0. The summed E-state index contributed by atoms with van der Waals surface area (Å²) in [5.41, 5.74) is 2.51. The van der Waals surface area contributed by atoms with Crippen LogP contribution in [0.4, 0.5) is 10.5 Å². The van der Waals surface area contributed by atoms with Crippen LogP contribution in [-0.2, 0) is 9.53 Å².